The number of hydrogen-bond donors (Lipinski definition) is 1. The van der Waals surface area contributed by atoms with Crippen LogP contribution in [0.4, 0.5) is 5.69 Å². The van der Waals surface area contributed by atoms with Crippen molar-refractivity contribution in [2.24, 2.45) is 0 Å². The molecule has 17 heavy (non-hydrogen) atoms. The van der Waals surface area contributed by atoms with Crippen molar-refractivity contribution in [1.82, 2.24) is 4.98 Å². The highest BCUT2D eigenvalue weighted by molar-refractivity contribution is 9.10. The molecule has 4 nitrogen and oxygen atoms in total. The Morgan fingerprint density at radius 2 is 2.18 bits per heavy atom. The van der Waals surface area contributed by atoms with E-state index in [1.54, 1.807) is 6.92 Å². The number of anilines is 1. The molecule has 1 heterocycles. The Labute approximate surface area is 107 Å². The molecule has 5 heteroatoms. The van der Waals surface area contributed by atoms with E-state index in [2.05, 4.69) is 26.2 Å². The van der Waals surface area contributed by atoms with Gasteiger partial charge in [-0.25, -0.2) is 4.98 Å². The van der Waals surface area contributed by atoms with Crippen LogP contribution in [0.15, 0.2) is 33.5 Å². The van der Waals surface area contributed by atoms with Gasteiger partial charge in [0, 0.05) is 4.47 Å². The van der Waals surface area contributed by atoms with Gasteiger partial charge in [-0.15, -0.1) is 0 Å². The zero-order chi connectivity index (χ0) is 12.4. The van der Waals surface area contributed by atoms with Gasteiger partial charge in [0.05, 0.1) is 11.4 Å². The molecule has 0 atom stereocenters. The molecule has 1 N–H and O–H groups in total. The van der Waals surface area contributed by atoms with E-state index in [0.717, 1.165) is 10.0 Å². The van der Waals surface area contributed by atoms with E-state index in [-0.39, 0.29) is 11.7 Å². The van der Waals surface area contributed by atoms with Crippen molar-refractivity contribution in [3.05, 3.63) is 46.1 Å². The first-order valence-electron chi connectivity index (χ1n) is 5.05. The molecule has 0 saturated heterocycles. The molecule has 0 saturated carbocycles. The molecule has 1 aromatic heterocycles. The Bertz CT molecular complexity index is 563. The smallest absolute Gasteiger partial charge is 0.293 e. The quantitative estimate of drug-likeness (QED) is 0.924. The largest absolute Gasteiger partial charge is 0.438 e. The van der Waals surface area contributed by atoms with Gasteiger partial charge in [-0.1, -0.05) is 6.07 Å². The van der Waals surface area contributed by atoms with E-state index < -0.39 is 0 Å². The Morgan fingerprint density at radius 3 is 2.82 bits per heavy atom. The van der Waals surface area contributed by atoms with Gasteiger partial charge in [-0.2, -0.15) is 0 Å². The van der Waals surface area contributed by atoms with Crippen LogP contribution in [0.2, 0.25) is 0 Å². The van der Waals surface area contributed by atoms with E-state index >= 15 is 0 Å². The summed E-state index contributed by atoms with van der Waals surface area (Å²) in [5, 5.41) is 2.77. The number of nitrogens with one attached hydrogen (secondary N) is 1. The van der Waals surface area contributed by atoms with Crippen LogP contribution in [-0.2, 0) is 0 Å². The molecule has 0 aliphatic rings. The number of oxazole rings is 1. The van der Waals surface area contributed by atoms with Crippen molar-refractivity contribution in [2.75, 3.05) is 5.32 Å². The SMILES string of the molecule is Cc1ccc(Br)c(NC(=O)c2ocnc2C)c1. The first-order valence-corrected chi connectivity index (χ1v) is 5.85. The summed E-state index contributed by atoms with van der Waals surface area (Å²) in [4.78, 5) is 15.8. The van der Waals surface area contributed by atoms with Gasteiger partial charge in [0.1, 0.15) is 0 Å². The Hall–Kier alpha value is -1.62. The number of aryl methyl sites for hydroxylation is 2. The molecule has 1 aromatic carbocycles. The highest BCUT2D eigenvalue weighted by Gasteiger charge is 2.15. The topological polar surface area (TPSA) is 55.1 Å². The van der Waals surface area contributed by atoms with Crippen LogP contribution < -0.4 is 5.32 Å². The number of carbonyl (C=O) groups excluding carboxylic acids is 1. The fraction of sp³-hybridized carbons (Fsp3) is 0.167. The summed E-state index contributed by atoms with van der Waals surface area (Å²) in [6, 6.07) is 5.73. The normalized spacial score (nSPS) is 10.3. The first kappa shape index (κ1) is 11.9. The van der Waals surface area contributed by atoms with Crippen molar-refractivity contribution in [2.45, 2.75) is 13.8 Å². The van der Waals surface area contributed by atoms with E-state index in [0.29, 0.717) is 11.4 Å². The molecule has 0 unspecified atom stereocenters. The third kappa shape index (κ3) is 2.55. The lowest BCUT2D eigenvalue weighted by molar-refractivity contribution is 0.0996. The molecule has 0 fully saturated rings. The highest BCUT2D eigenvalue weighted by Crippen LogP contribution is 2.24. The summed E-state index contributed by atoms with van der Waals surface area (Å²) in [6.45, 7) is 3.69. The number of aromatic nitrogens is 1. The predicted octanol–water partition coefficient (Wildman–Crippen LogP) is 3.31. The number of halogens is 1. The zero-order valence-electron chi connectivity index (χ0n) is 9.45. The average molecular weight is 295 g/mol. The fourth-order valence-corrected chi connectivity index (χ4v) is 1.78. The minimum atomic E-state index is -0.300. The van der Waals surface area contributed by atoms with Crippen LogP contribution >= 0.6 is 15.9 Å². The molecule has 2 aromatic rings. The average Bonchev–Trinajstić information content (AvgIpc) is 2.70. The number of carbonyl (C=O) groups is 1. The van der Waals surface area contributed by atoms with Gasteiger partial charge in [0.2, 0.25) is 5.76 Å². The van der Waals surface area contributed by atoms with Crippen LogP contribution in [0.3, 0.4) is 0 Å². The lowest BCUT2D eigenvalue weighted by Crippen LogP contribution is -2.12. The van der Waals surface area contributed by atoms with Crippen LogP contribution in [0.25, 0.3) is 0 Å². The zero-order valence-corrected chi connectivity index (χ0v) is 11.0. The second-order valence-electron chi connectivity index (χ2n) is 3.70. The molecule has 1 amide bonds. The summed E-state index contributed by atoms with van der Waals surface area (Å²) < 4.78 is 5.86. The summed E-state index contributed by atoms with van der Waals surface area (Å²) in [5.74, 6) is -0.0651. The van der Waals surface area contributed by atoms with Gasteiger partial charge in [-0.3, -0.25) is 4.79 Å². The van der Waals surface area contributed by atoms with Crippen LogP contribution in [0, 0.1) is 13.8 Å². The maximum Gasteiger partial charge on any atom is 0.293 e. The Morgan fingerprint density at radius 1 is 1.41 bits per heavy atom. The van der Waals surface area contributed by atoms with E-state index in [1.807, 2.05) is 25.1 Å². The van der Waals surface area contributed by atoms with Crippen molar-refractivity contribution in [3.63, 3.8) is 0 Å². The van der Waals surface area contributed by atoms with E-state index in [1.165, 1.54) is 6.39 Å². The molecule has 0 aliphatic heterocycles. The second kappa shape index (κ2) is 4.71. The van der Waals surface area contributed by atoms with Gasteiger partial charge in [-0.05, 0) is 47.5 Å². The van der Waals surface area contributed by atoms with E-state index in [9.17, 15) is 4.79 Å². The minimum absolute atomic E-state index is 0.235. The standard InChI is InChI=1S/C12H11BrN2O2/c1-7-3-4-9(13)10(5-7)15-12(16)11-8(2)14-6-17-11/h3-6H,1-2H3,(H,15,16). The van der Waals surface area contributed by atoms with Gasteiger partial charge in [0.15, 0.2) is 6.39 Å². The first-order chi connectivity index (χ1) is 8.08. The maximum atomic E-state index is 11.9. The van der Waals surface area contributed by atoms with Crippen molar-refractivity contribution in [3.8, 4) is 0 Å². The molecule has 2 rings (SSSR count). The van der Waals surface area contributed by atoms with Gasteiger partial charge in [0.25, 0.3) is 5.91 Å². The van der Waals surface area contributed by atoms with E-state index in [4.69, 9.17) is 4.42 Å². The number of rotatable bonds is 2. The number of hydrogen-bond acceptors (Lipinski definition) is 3. The molecule has 0 aliphatic carbocycles. The third-order valence-corrected chi connectivity index (χ3v) is 3.01. The van der Waals surface area contributed by atoms with Crippen LogP contribution in [0.1, 0.15) is 21.8 Å². The molecule has 0 spiro atoms. The molecule has 0 bridgehead atoms. The number of nitrogens with zero attached hydrogens (tertiary/aromatic N) is 1. The van der Waals surface area contributed by atoms with Crippen molar-refractivity contribution < 1.29 is 9.21 Å². The molecule has 88 valence electrons. The lowest BCUT2D eigenvalue weighted by atomic mass is 10.2. The lowest BCUT2D eigenvalue weighted by Gasteiger charge is -2.07. The summed E-state index contributed by atoms with van der Waals surface area (Å²) >= 11 is 3.38. The molecule has 0 radical (unpaired) electrons. The maximum absolute atomic E-state index is 11.9. The van der Waals surface area contributed by atoms with Crippen LogP contribution in [-0.4, -0.2) is 10.9 Å². The van der Waals surface area contributed by atoms with Crippen molar-refractivity contribution >= 4 is 27.5 Å². The minimum Gasteiger partial charge on any atom is -0.438 e. The fourth-order valence-electron chi connectivity index (χ4n) is 1.43. The highest BCUT2D eigenvalue weighted by atomic mass is 79.9. The van der Waals surface area contributed by atoms with Gasteiger partial charge < -0.3 is 9.73 Å². The molecular formula is C12H11BrN2O2. The second-order valence-corrected chi connectivity index (χ2v) is 4.56. The Kier molecular flexibility index (Phi) is 3.28. The summed E-state index contributed by atoms with van der Waals surface area (Å²) in [5.41, 5.74) is 2.36. The monoisotopic (exact) mass is 294 g/mol. The van der Waals surface area contributed by atoms with Crippen LogP contribution in [0.5, 0.6) is 0 Å². The summed E-state index contributed by atoms with van der Waals surface area (Å²) in [7, 11) is 0. The molecular weight excluding hydrogens is 284 g/mol. The summed E-state index contributed by atoms with van der Waals surface area (Å²) in [6.07, 6.45) is 1.26. The predicted molar refractivity (Wildman–Crippen MR) is 68.1 cm³/mol. The number of amides is 1. The Balaban J connectivity index is 2.24. The number of benzene rings is 1. The van der Waals surface area contributed by atoms with Crippen molar-refractivity contribution in [1.29, 1.82) is 0 Å². The van der Waals surface area contributed by atoms with Gasteiger partial charge >= 0.3 is 0 Å². The third-order valence-electron chi connectivity index (χ3n) is 2.32.